The molecule has 4 heteroatoms. The fourth-order valence-corrected chi connectivity index (χ4v) is 4.71. The van der Waals surface area contributed by atoms with Crippen LogP contribution in [-0.2, 0) is 0 Å². The zero-order chi connectivity index (χ0) is 29.7. The summed E-state index contributed by atoms with van der Waals surface area (Å²) in [6.45, 7) is 25.2. The van der Waals surface area contributed by atoms with E-state index < -0.39 is 0 Å². The third-order valence-electron chi connectivity index (χ3n) is 6.75. The first kappa shape index (κ1) is 34.1. The largest absolute Gasteiger partial charge is 0.492 e. The van der Waals surface area contributed by atoms with Gasteiger partial charge < -0.3 is 9.47 Å². The molecule has 4 nitrogen and oxygen atoms in total. The van der Waals surface area contributed by atoms with Gasteiger partial charge in [0.05, 0.1) is 0 Å². The standard InChI is InChI=1S/C37H54N2O2/c1-7-23-38(24-8-2)27-29-40-36-19-15-34(16-20-36)13-11-32(5)31-33(6)12-14-35-17-21-37(22-18-35)41-30-28-39(25-9-3)26-10-4/h11-22H,5-10,23-31H2,1-4H3/b13-11+,14-12+. The molecule has 0 N–H and O–H groups in total. The Kier molecular flexibility index (Phi) is 17.3. The van der Waals surface area contributed by atoms with Gasteiger partial charge in [0.1, 0.15) is 24.7 Å². The summed E-state index contributed by atoms with van der Waals surface area (Å²) < 4.78 is 11.9. The average Bonchev–Trinajstić information content (AvgIpc) is 2.97. The van der Waals surface area contributed by atoms with E-state index in [0.717, 1.165) is 92.7 Å². The van der Waals surface area contributed by atoms with Crippen molar-refractivity contribution in [3.05, 3.63) is 96.1 Å². The molecule has 0 aliphatic rings. The van der Waals surface area contributed by atoms with Gasteiger partial charge in [-0.2, -0.15) is 0 Å². The van der Waals surface area contributed by atoms with E-state index in [9.17, 15) is 0 Å². The summed E-state index contributed by atoms with van der Waals surface area (Å²) in [6.07, 6.45) is 13.8. The van der Waals surface area contributed by atoms with E-state index in [-0.39, 0.29) is 0 Å². The van der Waals surface area contributed by atoms with Crippen LogP contribution in [0.4, 0.5) is 0 Å². The molecule has 2 rings (SSSR count). The third kappa shape index (κ3) is 14.9. The molecule has 0 fully saturated rings. The van der Waals surface area contributed by atoms with E-state index in [2.05, 4.69) is 99.2 Å². The van der Waals surface area contributed by atoms with E-state index in [1.165, 1.54) is 25.7 Å². The van der Waals surface area contributed by atoms with E-state index in [4.69, 9.17) is 9.47 Å². The molecule has 0 spiro atoms. The highest BCUT2D eigenvalue weighted by Gasteiger charge is 2.04. The minimum atomic E-state index is 0.719. The molecule has 0 saturated carbocycles. The summed E-state index contributed by atoms with van der Waals surface area (Å²) in [4.78, 5) is 4.93. The minimum absolute atomic E-state index is 0.719. The highest BCUT2D eigenvalue weighted by molar-refractivity contribution is 5.56. The molecule has 0 unspecified atom stereocenters. The van der Waals surface area contributed by atoms with E-state index in [1.54, 1.807) is 0 Å². The summed E-state index contributed by atoms with van der Waals surface area (Å²) in [5.41, 5.74) is 4.31. The van der Waals surface area contributed by atoms with Crippen molar-refractivity contribution in [3.8, 4) is 11.5 Å². The van der Waals surface area contributed by atoms with Crippen LogP contribution in [0.3, 0.4) is 0 Å². The summed E-state index contributed by atoms with van der Waals surface area (Å²) >= 11 is 0. The number of hydrogen-bond donors (Lipinski definition) is 0. The second-order valence-electron chi connectivity index (χ2n) is 10.7. The Morgan fingerprint density at radius 1 is 0.561 bits per heavy atom. The van der Waals surface area contributed by atoms with E-state index in [0.29, 0.717) is 0 Å². The van der Waals surface area contributed by atoms with Crippen LogP contribution in [0.5, 0.6) is 11.5 Å². The molecule has 0 aliphatic carbocycles. The van der Waals surface area contributed by atoms with Crippen LogP contribution in [0.25, 0.3) is 12.2 Å². The summed E-state index contributed by atoms with van der Waals surface area (Å²) in [5, 5.41) is 0. The summed E-state index contributed by atoms with van der Waals surface area (Å²) in [7, 11) is 0. The predicted octanol–water partition coefficient (Wildman–Crippen LogP) is 8.92. The average molecular weight is 559 g/mol. The van der Waals surface area contributed by atoms with Crippen molar-refractivity contribution in [1.82, 2.24) is 9.80 Å². The van der Waals surface area contributed by atoms with Crippen molar-refractivity contribution in [2.75, 3.05) is 52.5 Å². The first-order valence-electron chi connectivity index (χ1n) is 15.6. The Morgan fingerprint density at radius 2 is 0.902 bits per heavy atom. The molecular weight excluding hydrogens is 504 g/mol. The number of nitrogens with zero attached hydrogens (tertiary/aromatic N) is 2. The van der Waals surface area contributed by atoms with Crippen LogP contribution in [-0.4, -0.2) is 62.3 Å². The van der Waals surface area contributed by atoms with E-state index >= 15 is 0 Å². The first-order chi connectivity index (χ1) is 20.0. The third-order valence-corrected chi connectivity index (χ3v) is 6.75. The van der Waals surface area contributed by atoms with Crippen LogP contribution in [0.15, 0.2) is 85.0 Å². The smallest absolute Gasteiger partial charge is 0.119 e. The predicted molar refractivity (Wildman–Crippen MR) is 179 cm³/mol. The van der Waals surface area contributed by atoms with Crippen molar-refractivity contribution in [1.29, 1.82) is 0 Å². The minimum Gasteiger partial charge on any atom is -0.492 e. The van der Waals surface area contributed by atoms with Crippen LogP contribution in [0.1, 0.15) is 70.9 Å². The first-order valence-corrected chi connectivity index (χ1v) is 15.6. The molecule has 224 valence electrons. The Balaban J connectivity index is 1.73. The van der Waals surface area contributed by atoms with Gasteiger partial charge in [0.25, 0.3) is 0 Å². The maximum absolute atomic E-state index is 5.96. The Labute approximate surface area is 251 Å². The Morgan fingerprint density at radius 3 is 1.22 bits per heavy atom. The normalized spacial score (nSPS) is 11.7. The molecule has 2 aromatic rings. The molecule has 0 saturated heterocycles. The quantitative estimate of drug-likeness (QED) is 0.135. The maximum Gasteiger partial charge on any atom is 0.119 e. The van der Waals surface area contributed by atoms with Gasteiger partial charge in [-0.1, -0.05) is 101 Å². The highest BCUT2D eigenvalue weighted by Crippen LogP contribution is 2.18. The van der Waals surface area contributed by atoms with Crippen molar-refractivity contribution in [2.24, 2.45) is 0 Å². The lowest BCUT2D eigenvalue weighted by Gasteiger charge is -2.20. The van der Waals surface area contributed by atoms with Crippen LogP contribution in [0.2, 0.25) is 0 Å². The van der Waals surface area contributed by atoms with Crippen LogP contribution >= 0.6 is 0 Å². The van der Waals surface area contributed by atoms with Crippen molar-refractivity contribution in [2.45, 2.75) is 59.8 Å². The molecule has 0 atom stereocenters. The monoisotopic (exact) mass is 558 g/mol. The summed E-state index contributed by atoms with van der Waals surface area (Å²) in [5.74, 6) is 1.83. The van der Waals surface area contributed by atoms with Gasteiger partial charge in [-0.25, -0.2) is 0 Å². The van der Waals surface area contributed by atoms with Crippen molar-refractivity contribution < 1.29 is 9.47 Å². The zero-order valence-corrected chi connectivity index (χ0v) is 26.2. The topological polar surface area (TPSA) is 24.9 Å². The van der Waals surface area contributed by atoms with Gasteiger partial charge >= 0.3 is 0 Å². The van der Waals surface area contributed by atoms with Crippen LogP contribution < -0.4 is 9.47 Å². The van der Waals surface area contributed by atoms with Gasteiger partial charge in [-0.05, 0) is 93.7 Å². The van der Waals surface area contributed by atoms with Gasteiger partial charge in [-0.3, -0.25) is 9.80 Å². The maximum atomic E-state index is 5.96. The summed E-state index contributed by atoms with van der Waals surface area (Å²) in [6, 6.07) is 16.5. The molecular formula is C37H54N2O2. The Bertz CT molecular complexity index is 956. The second kappa shape index (κ2) is 20.7. The lowest BCUT2D eigenvalue weighted by Crippen LogP contribution is -2.30. The molecule has 41 heavy (non-hydrogen) atoms. The fourth-order valence-electron chi connectivity index (χ4n) is 4.71. The van der Waals surface area contributed by atoms with E-state index in [1.807, 2.05) is 24.3 Å². The number of benzene rings is 2. The molecule has 2 aromatic carbocycles. The van der Waals surface area contributed by atoms with Crippen molar-refractivity contribution in [3.63, 3.8) is 0 Å². The zero-order valence-electron chi connectivity index (χ0n) is 26.2. The number of allylic oxidation sites excluding steroid dienone is 4. The molecule has 0 heterocycles. The Hall–Kier alpha value is -3.08. The van der Waals surface area contributed by atoms with Crippen molar-refractivity contribution >= 4 is 12.2 Å². The molecule has 0 bridgehead atoms. The number of rotatable bonds is 22. The second-order valence-corrected chi connectivity index (χ2v) is 10.7. The van der Waals surface area contributed by atoms with Gasteiger partial charge in [0, 0.05) is 13.1 Å². The molecule has 0 amide bonds. The number of ether oxygens (including phenoxy) is 2. The number of hydrogen-bond acceptors (Lipinski definition) is 4. The lowest BCUT2D eigenvalue weighted by atomic mass is 10.0. The van der Waals surface area contributed by atoms with Crippen LogP contribution in [0, 0.1) is 0 Å². The molecule has 0 aliphatic heterocycles. The van der Waals surface area contributed by atoms with Gasteiger partial charge in [-0.15, -0.1) is 0 Å². The van der Waals surface area contributed by atoms with Gasteiger partial charge in [0.15, 0.2) is 0 Å². The SMILES string of the molecule is C=C(/C=C/c1ccc(OCCN(CCC)CCC)cc1)CC(=C)/C=C/c1ccc(OCCN(CCC)CCC)cc1. The molecule has 0 radical (unpaired) electrons. The van der Waals surface area contributed by atoms with Gasteiger partial charge in [0.2, 0.25) is 0 Å². The fraction of sp³-hybridized carbons (Fsp3) is 0.459. The highest BCUT2D eigenvalue weighted by atomic mass is 16.5. The lowest BCUT2D eigenvalue weighted by molar-refractivity contribution is 0.209. The molecule has 0 aromatic heterocycles.